The third kappa shape index (κ3) is 4.40. The van der Waals surface area contributed by atoms with Crippen molar-refractivity contribution < 1.29 is 13.2 Å². The van der Waals surface area contributed by atoms with E-state index in [1.807, 2.05) is 22.9 Å². The maximum Gasteiger partial charge on any atom is 0.243 e. The van der Waals surface area contributed by atoms with Gasteiger partial charge in [0.1, 0.15) is 6.54 Å². The molecule has 0 radical (unpaired) electrons. The number of nitrogens with zero attached hydrogens (tertiary/aromatic N) is 3. The molecule has 1 atom stereocenters. The van der Waals surface area contributed by atoms with E-state index in [0.717, 1.165) is 49.7 Å². The van der Waals surface area contributed by atoms with Crippen LogP contribution in [-0.4, -0.2) is 66.9 Å². The molecule has 1 aromatic heterocycles. The van der Waals surface area contributed by atoms with Crippen molar-refractivity contribution >= 4 is 26.8 Å². The molecule has 2 aliphatic heterocycles. The van der Waals surface area contributed by atoms with Gasteiger partial charge in [0.05, 0.1) is 4.90 Å². The van der Waals surface area contributed by atoms with Gasteiger partial charge in [-0.25, -0.2) is 8.42 Å². The van der Waals surface area contributed by atoms with Crippen LogP contribution in [-0.2, 0) is 21.4 Å². The van der Waals surface area contributed by atoms with Gasteiger partial charge in [-0.2, -0.15) is 4.31 Å². The van der Waals surface area contributed by atoms with E-state index in [1.54, 1.807) is 16.4 Å². The van der Waals surface area contributed by atoms with Crippen LogP contribution in [0, 0.1) is 0 Å². The summed E-state index contributed by atoms with van der Waals surface area (Å²) >= 11 is 0. The van der Waals surface area contributed by atoms with E-state index in [0.29, 0.717) is 30.6 Å². The van der Waals surface area contributed by atoms with E-state index in [-0.39, 0.29) is 12.5 Å². The average Bonchev–Trinajstić information content (AvgIpc) is 3.39. The zero-order valence-corrected chi connectivity index (χ0v) is 18.5. The van der Waals surface area contributed by atoms with Gasteiger partial charge in [-0.15, -0.1) is 0 Å². The van der Waals surface area contributed by atoms with Crippen LogP contribution in [0.4, 0.5) is 0 Å². The number of rotatable bonds is 7. The van der Waals surface area contributed by atoms with Crippen molar-refractivity contribution in [3.63, 3.8) is 0 Å². The van der Waals surface area contributed by atoms with Crippen molar-refractivity contribution in [3.8, 4) is 0 Å². The number of hydrogen-bond acceptors (Lipinski definition) is 4. The molecule has 2 aromatic rings. The van der Waals surface area contributed by atoms with Crippen LogP contribution in [0.25, 0.3) is 10.9 Å². The molecule has 7 nitrogen and oxygen atoms in total. The highest BCUT2D eigenvalue weighted by Crippen LogP contribution is 2.25. The summed E-state index contributed by atoms with van der Waals surface area (Å²) in [5.74, 6) is -0.0135. The fourth-order valence-corrected chi connectivity index (χ4v) is 6.27. The van der Waals surface area contributed by atoms with Crippen molar-refractivity contribution in [2.45, 2.75) is 56.5 Å². The number of piperidine rings is 1. The molecule has 0 spiro atoms. The molecule has 0 unspecified atom stereocenters. The second-order valence-corrected chi connectivity index (χ2v) is 10.3. The van der Waals surface area contributed by atoms with Gasteiger partial charge in [-0.3, -0.25) is 9.69 Å². The van der Waals surface area contributed by atoms with E-state index in [1.165, 1.54) is 6.42 Å². The van der Waals surface area contributed by atoms with Gasteiger partial charge in [0, 0.05) is 42.8 Å². The zero-order valence-electron chi connectivity index (χ0n) is 17.7. The first-order valence-corrected chi connectivity index (χ1v) is 12.5. The Hall–Kier alpha value is -1.90. The second kappa shape index (κ2) is 9.08. The molecule has 1 aromatic carbocycles. The molecule has 3 heterocycles. The number of aromatic nitrogens is 1. The Labute approximate surface area is 179 Å². The average molecular weight is 433 g/mol. The smallest absolute Gasteiger partial charge is 0.243 e. The van der Waals surface area contributed by atoms with Gasteiger partial charge in [0.25, 0.3) is 0 Å². The van der Waals surface area contributed by atoms with E-state index < -0.39 is 10.0 Å². The minimum absolute atomic E-state index is 0.0135. The molecule has 0 saturated carbocycles. The Bertz CT molecular complexity index is 995. The lowest BCUT2D eigenvalue weighted by Gasteiger charge is -2.25. The second-order valence-electron chi connectivity index (χ2n) is 8.36. The largest absolute Gasteiger partial charge is 0.353 e. The molecule has 1 N–H and O–H groups in total. The van der Waals surface area contributed by atoms with E-state index in [4.69, 9.17) is 0 Å². The number of carbonyl (C=O) groups excluding carboxylic acids is 1. The number of likely N-dealkylation sites (tertiary alicyclic amines) is 1. The number of carbonyl (C=O) groups is 1. The van der Waals surface area contributed by atoms with Crippen molar-refractivity contribution in [1.82, 2.24) is 19.1 Å². The Morgan fingerprint density at radius 3 is 2.67 bits per heavy atom. The lowest BCUT2D eigenvalue weighted by Crippen LogP contribution is -2.40. The molecule has 2 fully saturated rings. The topological polar surface area (TPSA) is 74.6 Å². The predicted molar refractivity (Wildman–Crippen MR) is 118 cm³/mol. The normalized spacial score (nSPS) is 21.3. The zero-order chi connectivity index (χ0) is 21.1. The van der Waals surface area contributed by atoms with Gasteiger partial charge in [-0.05, 0) is 63.0 Å². The van der Waals surface area contributed by atoms with E-state index >= 15 is 0 Å². The SMILES string of the molecule is CCN1CCC[C@H]1CNC(=O)Cn1ccc2cc(S(=O)(=O)N3CCCCC3)ccc21. The van der Waals surface area contributed by atoms with Crippen LogP contribution in [0.5, 0.6) is 0 Å². The number of likely N-dealkylation sites (N-methyl/N-ethyl adjacent to an activating group) is 1. The van der Waals surface area contributed by atoms with Gasteiger partial charge in [-0.1, -0.05) is 13.3 Å². The Morgan fingerprint density at radius 2 is 1.90 bits per heavy atom. The number of sulfonamides is 1. The highest BCUT2D eigenvalue weighted by atomic mass is 32.2. The van der Waals surface area contributed by atoms with Gasteiger partial charge < -0.3 is 9.88 Å². The van der Waals surface area contributed by atoms with Crippen LogP contribution in [0.2, 0.25) is 0 Å². The van der Waals surface area contributed by atoms with Gasteiger partial charge in [0.2, 0.25) is 15.9 Å². The van der Waals surface area contributed by atoms with Crippen molar-refractivity contribution in [3.05, 3.63) is 30.5 Å². The van der Waals surface area contributed by atoms with Gasteiger partial charge in [0.15, 0.2) is 0 Å². The van der Waals surface area contributed by atoms with Crippen molar-refractivity contribution in [1.29, 1.82) is 0 Å². The number of nitrogens with one attached hydrogen (secondary N) is 1. The third-order valence-corrected chi connectivity index (χ3v) is 8.34. The number of hydrogen-bond donors (Lipinski definition) is 1. The standard InChI is InChI=1S/C22H32N4O3S/c1-2-24-11-6-7-19(24)16-23-22(27)17-25-14-10-18-15-20(8-9-21(18)25)30(28,29)26-12-4-3-5-13-26/h8-10,14-15,19H,2-7,11-13,16-17H2,1H3,(H,23,27)/t19-/m0/s1. The molecule has 2 saturated heterocycles. The number of fused-ring (bicyclic) bond motifs is 1. The van der Waals surface area contributed by atoms with E-state index in [2.05, 4.69) is 17.1 Å². The maximum atomic E-state index is 12.9. The number of amides is 1. The minimum atomic E-state index is -3.45. The Morgan fingerprint density at radius 1 is 1.10 bits per heavy atom. The molecule has 30 heavy (non-hydrogen) atoms. The lowest BCUT2D eigenvalue weighted by molar-refractivity contribution is -0.121. The van der Waals surface area contributed by atoms with Crippen LogP contribution in [0.15, 0.2) is 35.4 Å². The third-order valence-electron chi connectivity index (χ3n) is 6.45. The van der Waals surface area contributed by atoms with Crippen LogP contribution < -0.4 is 5.32 Å². The summed E-state index contributed by atoms with van der Waals surface area (Å²) in [5.41, 5.74) is 0.874. The molecular formula is C22H32N4O3S. The molecule has 1 amide bonds. The summed E-state index contributed by atoms with van der Waals surface area (Å²) in [6.07, 6.45) is 7.12. The predicted octanol–water partition coefficient (Wildman–Crippen LogP) is 2.42. The Kier molecular flexibility index (Phi) is 6.46. The van der Waals surface area contributed by atoms with Gasteiger partial charge >= 0.3 is 0 Å². The summed E-state index contributed by atoms with van der Waals surface area (Å²) in [6.45, 7) is 6.40. The van der Waals surface area contributed by atoms with Crippen LogP contribution in [0.3, 0.4) is 0 Å². The molecule has 4 rings (SSSR count). The first kappa shape index (κ1) is 21.3. The lowest BCUT2D eigenvalue weighted by atomic mass is 10.2. The first-order valence-electron chi connectivity index (χ1n) is 11.1. The Balaban J connectivity index is 1.43. The summed E-state index contributed by atoms with van der Waals surface area (Å²) in [5, 5.41) is 3.91. The summed E-state index contributed by atoms with van der Waals surface area (Å²) in [6, 6.07) is 7.52. The summed E-state index contributed by atoms with van der Waals surface area (Å²) in [4.78, 5) is 15.2. The highest BCUT2D eigenvalue weighted by Gasteiger charge is 2.26. The minimum Gasteiger partial charge on any atom is -0.353 e. The molecule has 164 valence electrons. The first-order chi connectivity index (χ1) is 14.5. The monoisotopic (exact) mass is 432 g/mol. The summed E-state index contributed by atoms with van der Waals surface area (Å²) in [7, 11) is -3.45. The number of benzene rings is 1. The molecule has 0 bridgehead atoms. The van der Waals surface area contributed by atoms with Crippen LogP contribution in [0.1, 0.15) is 39.0 Å². The quantitative estimate of drug-likeness (QED) is 0.729. The fourth-order valence-electron chi connectivity index (χ4n) is 4.72. The van der Waals surface area contributed by atoms with E-state index in [9.17, 15) is 13.2 Å². The molecule has 8 heteroatoms. The molecule has 0 aliphatic carbocycles. The fraction of sp³-hybridized carbons (Fsp3) is 0.591. The van der Waals surface area contributed by atoms with Crippen molar-refractivity contribution in [2.75, 3.05) is 32.7 Å². The molecular weight excluding hydrogens is 400 g/mol. The maximum absolute atomic E-state index is 12.9. The van der Waals surface area contributed by atoms with Crippen molar-refractivity contribution in [2.24, 2.45) is 0 Å². The molecule has 2 aliphatic rings. The summed E-state index contributed by atoms with van der Waals surface area (Å²) < 4.78 is 29.3. The highest BCUT2D eigenvalue weighted by molar-refractivity contribution is 7.89. The van der Waals surface area contributed by atoms with Crippen LogP contribution >= 0.6 is 0 Å².